The molecule has 2 N–H and O–H groups in total. The van der Waals surface area contributed by atoms with Crippen LogP contribution in [0.4, 0.5) is 26.6 Å². The molecule has 1 aliphatic rings. The molecule has 0 spiro atoms. The summed E-state index contributed by atoms with van der Waals surface area (Å²) in [6.07, 6.45) is 4.30. The topological polar surface area (TPSA) is 109 Å². The van der Waals surface area contributed by atoms with E-state index in [1.54, 1.807) is 37.4 Å². The zero-order valence-electron chi connectivity index (χ0n) is 26.3. The molecule has 242 valence electrons. The van der Waals surface area contributed by atoms with Crippen molar-refractivity contribution < 1.29 is 28.5 Å². The number of carboxylic acid groups (broad SMARTS) is 1. The Balaban J connectivity index is 1.46. The Morgan fingerprint density at radius 3 is 2.63 bits per heavy atom. The number of halogens is 1. The second-order valence-electron chi connectivity index (χ2n) is 11.0. The molecule has 0 bridgehead atoms. The monoisotopic (exact) mass is 647 g/mol. The van der Waals surface area contributed by atoms with E-state index in [4.69, 9.17) is 14.2 Å². The van der Waals surface area contributed by atoms with Crippen molar-refractivity contribution in [2.24, 2.45) is 5.92 Å². The Kier molecular flexibility index (Phi) is 10.8. The fraction of sp³-hybridized carbons (Fsp3) is 0.324. The van der Waals surface area contributed by atoms with Crippen molar-refractivity contribution >= 4 is 35.3 Å². The highest BCUT2D eigenvalue weighted by molar-refractivity contribution is 7.98. The number of likely N-dealkylation sites (tertiary alicyclic amines) is 1. The van der Waals surface area contributed by atoms with Gasteiger partial charge in [-0.05, 0) is 80.7 Å². The number of nitrogens with one attached hydrogen (secondary N) is 1. The molecule has 2 heterocycles. The fourth-order valence-corrected chi connectivity index (χ4v) is 6.35. The van der Waals surface area contributed by atoms with Crippen LogP contribution < -0.4 is 24.4 Å². The van der Waals surface area contributed by atoms with Gasteiger partial charge in [0.1, 0.15) is 17.3 Å². The van der Waals surface area contributed by atoms with E-state index in [1.165, 1.54) is 42.1 Å². The third-order valence-corrected chi connectivity index (χ3v) is 8.71. The van der Waals surface area contributed by atoms with Crippen LogP contribution in [0, 0.1) is 11.7 Å². The maximum absolute atomic E-state index is 15.1. The van der Waals surface area contributed by atoms with E-state index in [0.29, 0.717) is 35.3 Å². The van der Waals surface area contributed by atoms with Crippen molar-refractivity contribution in [2.45, 2.75) is 23.8 Å². The average Bonchev–Trinajstić information content (AvgIpc) is 3.06. The SMILES string of the molecule is COc1ccc(OC)c(C(c2ccccc2SC)N(C(=O)O)c2ccnc(Nc3ccc(OCC4CCCN(C)C4)c(F)c3)n2)c1. The van der Waals surface area contributed by atoms with Gasteiger partial charge in [0.05, 0.1) is 26.9 Å². The van der Waals surface area contributed by atoms with Crippen molar-refractivity contribution in [3.8, 4) is 17.2 Å². The normalized spacial score (nSPS) is 15.5. The summed E-state index contributed by atoms with van der Waals surface area (Å²) in [4.78, 5) is 26.2. The summed E-state index contributed by atoms with van der Waals surface area (Å²) in [6.45, 7) is 2.44. The first-order valence-corrected chi connectivity index (χ1v) is 16.1. The Bertz CT molecular complexity index is 1660. The predicted octanol–water partition coefficient (Wildman–Crippen LogP) is 7.09. The number of methoxy groups -OCH3 is 2. The third-order valence-electron chi connectivity index (χ3n) is 7.90. The maximum Gasteiger partial charge on any atom is 0.413 e. The van der Waals surface area contributed by atoms with Crippen molar-refractivity contribution in [3.63, 3.8) is 0 Å². The number of hydrogen-bond acceptors (Lipinski definition) is 9. The molecule has 10 nitrogen and oxygen atoms in total. The number of thioether (sulfide) groups is 1. The molecule has 2 unspecified atom stereocenters. The van der Waals surface area contributed by atoms with Gasteiger partial charge < -0.3 is 29.5 Å². The van der Waals surface area contributed by atoms with E-state index < -0.39 is 18.0 Å². The fourth-order valence-electron chi connectivity index (χ4n) is 5.72. The first-order chi connectivity index (χ1) is 22.3. The number of rotatable bonds is 12. The highest BCUT2D eigenvalue weighted by Gasteiger charge is 2.33. The van der Waals surface area contributed by atoms with Crippen molar-refractivity contribution in [1.82, 2.24) is 14.9 Å². The predicted molar refractivity (Wildman–Crippen MR) is 178 cm³/mol. The molecule has 1 saturated heterocycles. The van der Waals surface area contributed by atoms with Crippen molar-refractivity contribution in [2.75, 3.05) is 57.4 Å². The Labute approximate surface area is 272 Å². The van der Waals surface area contributed by atoms with E-state index in [9.17, 15) is 9.90 Å². The van der Waals surface area contributed by atoms with E-state index in [2.05, 4.69) is 27.2 Å². The summed E-state index contributed by atoms with van der Waals surface area (Å²) < 4.78 is 32.1. The molecule has 1 aromatic heterocycles. The summed E-state index contributed by atoms with van der Waals surface area (Å²) in [7, 11) is 5.16. The van der Waals surface area contributed by atoms with Gasteiger partial charge in [0, 0.05) is 40.9 Å². The third kappa shape index (κ3) is 7.63. The number of nitrogens with zero attached hydrogens (tertiary/aromatic N) is 4. The molecule has 4 aromatic rings. The minimum absolute atomic E-state index is 0.0940. The van der Waals surface area contributed by atoms with Crippen LogP contribution in [0.2, 0.25) is 0 Å². The van der Waals surface area contributed by atoms with Crippen LogP contribution in [0.25, 0.3) is 0 Å². The van der Waals surface area contributed by atoms with Crippen LogP contribution in [-0.4, -0.2) is 73.3 Å². The Morgan fingerprint density at radius 1 is 1.11 bits per heavy atom. The summed E-state index contributed by atoms with van der Waals surface area (Å²) in [5, 5.41) is 13.7. The van der Waals surface area contributed by atoms with Crippen LogP contribution in [0.15, 0.2) is 77.8 Å². The van der Waals surface area contributed by atoms with Gasteiger partial charge in [-0.1, -0.05) is 18.2 Å². The molecule has 5 rings (SSSR count). The summed E-state index contributed by atoms with van der Waals surface area (Å²) >= 11 is 1.50. The number of hydrogen-bond donors (Lipinski definition) is 2. The van der Waals surface area contributed by atoms with Crippen LogP contribution in [-0.2, 0) is 0 Å². The number of ether oxygens (including phenoxy) is 3. The molecule has 1 fully saturated rings. The molecule has 2 atom stereocenters. The molecule has 1 amide bonds. The van der Waals surface area contributed by atoms with Gasteiger partial charge in [-0.2, -0.15) is 4.98 Å². The lowest BCUT2D eigenvalue weighted by molar-refractivity contribution is 0.147. The molecular weight excluding hydrogens is 609 g/mol. The second kappa shape index (κ2) is 15.2. The largest absolute Gasteiger partial charge is 0.497 e. The van der Waals surface area contributed by atoms with Crippen LogP contribution in [0.1, 0.15) is 30.0 Å². The van der Waals surface area contributed by atoms with E-state index in [1.807, 2.05) is 30.5 Å². The number of anilines is 3. The minimum Gasteiger partial charge on any atom is -0.497 e. The van der Waals surface area contributed by atoms with Gasteiger partial charge in [-0.15, -0.1) is 11.8 Å². The van der Waals surface area contributed by atoms with E-state index in [0.717, 1.165) is 36.4 Å². The van der Waals surface area contributed by atoms with Crippen LogP contribution in [0.5, 0.6) is 17.2 Å². The second-order valence-corrected chi connectivity index (χ2v) is 11.8. The molecule has 3 aromatic carbocycles. The van der Waals surface area contributed by atoms with Crippen molar-refractivity contribution in [3.05, 3.63) is 89.9 Å². The van der Waals surface area contributed by atoms with E-state index >= 15 is 4.39 Å². The highest BCUT2D eigenvalue weighted by Crippen LogP contribution is 2.42. The summed E-state index contributed by atoms with van der Waals surface area (Å²) in [6, 6.07) is 18.0. The van der Waals surface area contributed by atoms with Gasteiger partial charge in [0.15, 0.2) is 11.6 Å². The molecular formula is C34H38FN5O5S. The minimum atomic E-state index is -1.24. The number of benzene rings is 3. The highest BCUT2D eigenvalue weighted by atomic mass is 32.2. The number of aromatic nitrogens is 2. The van der Waals surface area contributed by atoms with Crippen LogP contribution >= 0.6 is 11.8 Å². The molecule has 0 radical (unpaired) electrons. The number of carbonyl (C=O) groups is 1. The van der Waals surface area contributed by atoms with Gasteiger partial charge in [0.2, 0.25) is 5.95 Å². The zero-order chi connectivity index (χ0) is 32.6. The van der Waals surface area contributed by atoms with E-state index in [-0.39, 0.29) is 17.5 Å². The standard InChI is InChI=1S/C34H38FN5O5S/c1-39-17-7-8-22(20-39)21-45-29-13-11-23(18-27(29)35)37-33-36-16-15-31(38-33)40(34(41)42)32(25-9-5-6-10-30(25)46-4)26-19-24(43-2)12-14-28(26)44-3/h5-6,9-16,18-19,22,32H,7-8,17,20-21H2,1-4H3,(H,41,42)(H,36,37,38). The van der Waals surface area contributed by atoms with Crippen molar-refractivity contribution in [1.29, 1.82) is 0 Å². The van der Waals surface area contributed by atoms with Gasteiger partial charge in [-0.25, -0.2) is 19.1 Å². The lowest BCUT2D eigenvalue weighted by Crippen LogP contribution is -2.35. The lowest BCUT2D eigenvalue weighted by atomic mass is 9.95. The van der Waals surface area contributed by atoms with Gasteiger partial charge in [0.25, 0.3) is 0 Å². The molecule has 12 heteroatoms. The Hall–Kier alpha value is -4.55. The molecule has 46 heavy (non-hydrogen) atoms. The molecule has 0 saturated carbocycles. The average molecular weight is 648 g/mol. The quantitative estimate of drug-likeness (QED) is 0.155. The number of piperidine rings is 1. The number of amides is 1. The van der Waals surface area contributed by atoms with Crippen LogP contribution in [0.3, 0.4) is 0 Å². The smallest absolute Gasteiger partial charge is 0.413 e. The molecule has 0 aliphatic carbocycles. The zero-order valence-corrected chi connectivity index (χ0v) is 27.1. The summed E-state index contributed by atoms with van der Waals surface area (Å²) in [5.41, 5.74) is 1.69. The maximum atomic E-state index is 15.1. The first kappa shape index (κ1) is 32.8. The Morgan fingerprint density at radius 2 is 1.91 bits per heavy atom. The first-order valence-electron chi connectivity index (χ1n) is 14.9. The van der Waals surface area contributed by atoms with Gasteiger partial charge in [-0.3, -0.25) is 0 Å². The molecule has 1 aliphatic heterocycles. The van der Waals surface area contributed by atoms with Gasteiger partial charge >= 0.3 is 6.09 Å². The lowest BCUT2D eigenvalue weighted by Gasteiger charge is -2.31. The summed E-state index contributed by atoms with van der Waals surface area (Å²) in [5.74, 6) is 1.23.